The van der Waals surface area contributed by atoms with Crippen LogP contribution in [0.15, 0.2) is 54.6 Å². The minimum absolute atomic E-state index is 0.954. The van der Waals surface area contributed by atoms with Gasteiger partial charge in [-0.3, -0.25) is 0 Å². The molecule has 2 nitrogen and oxygen atoms in total. The van der Waals surface area contributed by atoms with Crippen molar-refractivity contribution < 1.29 is 0 Å². The molecule has 0 aliphatic heterocycles. The van der Waals surface area contributed by atoms with E-state index in [4.69, 9.17) is 0 Å². The molecule has 0 radical (unpaired) electrons. The minimum atomic E-state index is 0.954. The van der Waals surface area contributed by atoms with Crippen LogP contribution >= 0.6 is 0 Å². The number of rotatable bonds is 5. The van der Waals surface area contributed by atoms with E-state index < -0.39 is 0 Å². The molecule has 2 heteroatoms. The SMILES string of the molecule is CCNc1ccc(N(CC)c2ccccc2)cc1. The average Bonchev–Trinajstić information content (AvgIpc) is 2.43. The fourth-order valence-electron chi connectivity index (χ4n) is 2.09. The largest absolute Gasteiger partial charge is 0.385 e. The molecule has 2 aromatic carbocycles. The van der Waals surface area contributed by atoms with Crippen molar-refractivity contribution in [3.05, 3.63) is 54.6 Å². The van der Waals surface area contributed by atoms with E-state index in [9.17, 15) is 0 Å². The van der Waals surface area contributed by atoms with Gasteiger partial charge in [0.05, 0.1) is 0 Å². The van der Waals surface area contributed by atoms with Gasteiger partial charge in [0, 0.05) is 30.2 Å². The maximum Gasteiger partial charge on any atom is 0.0412 e. The van der Waals surface area contributed by atoms with Crippen LogP contribution in [-0.4, -0.2) is 13.1 Å². The summed E-state index contributed by atoms with van der Waals surface area (Å²) in [6, 6.07) is 19.1. The lowest BCUT2D eigenvalue weighted by Crippen LogP contribution is -2.15. The number of nitrogens with one attached hydrogen (secondary N) is 1. The Hall–Kier alpha value is -1.96. The van der Waals surface area contributed by atoms with Crippen molar-refractivity contribution in [2.24, 2.45) is 0 Å². The highest BCUT2D eigenvalue weighted by atomic mass is 15.1. The van der Waals surface area contributed by atoms with Crippen molar-refractivity contribution in [3.63, 3.8) is 0 Å². The number of anilines is 3. The first-order chi connectivity index (χ1) is 8.85. The lowest BCUT2D eigenvalue weighted by atomic mass is 10.2. The van der Waals surface area contributed by atoms with Crippen molar-refractivity contribution in [1.82, 2.24) is 0 Å². The molecule has 0 unspecified atom stereocenters. The van der Waals surface area contributed by atoms with Crippen LogP contribution in [0, 0.1) is 0 Å². The van der Waals surface area contributed by atoms with Crippen LogP contribution in [0.25, 0.3) is 0 Å². The molecule has 94 valence electrons. The van der Waals surface area contributed by atoms with E-state index in [0.717, 1.165) is 13.1 Å². The molecule has 0 aliphatic carbocycles. The Bertz CT molecular complexity index is 462. The lowest BCUT2D eigenvalue weighted by molar-refractivity contribution is 1.02. The monoisotopic (exact) mass is 240 g/mol. The van der Waals surface area contributed by atoms with Crippen LogP contribution in [0.5, 0.6) is 0 Å². The smallest absolute Gasteiger partial charge is 0.0412 e. The summed E-state index contributed by atoms with van der Waals surface area (Å²) in [5, 5.41) is 3.31. The van der Waals surface area contributed by atoms with Gasteiger partial charge < -0.3 is 10.2 Å². The molecular weight excluding hydrogens is 220 g/mol. The quantitative estimate of drug-likeness (QED) is 0.839. The van der Waals surface area contributed by atoms with Gasteiger partial charge in [0.2, 0.25) is 0 Å². The second kappa shape index (κ2) is 6.10. The maximum atomic E-state index is 3.31. The van der Waals surface area contributed by atoms with Crippen molar-refractivity contribution in [1.29, 1.82) is 0 Å². The molecule has 0 spiro atoms. The third-order valence-electron chi connectivity index (χ3n) is 2.94. The van der Waals surface area contributed by atoms with Crippen molar-refractivity contribution >= 4 is 17.1 Å². The Morgan fingerprint density at radius 1 is 0.833 bits per heavy atom. The first kappa shape index (κ1) is 12.5. The molecule has 0 atom stereocenters. The normalized spacial score (nSPS) is 10.1. The first-order valence-electron chi connectivity index (χ1n) is 6.51. The fourth-order valence-corrected chi connectivity index (χ4v) is 2.09. The molecule has 0 fully saturated rings. The van der Waals surface area contributed by atoms with Crippen LogP contribution < -0.4 is 10.2 Å². The predicted molar refractivity (Wildman–Crippen MR) is 79.7 cm³/mol. The Balaban J connectivity index is 2.23. The molecule has 2 rings (SSSR count). The molecule has 0 amide bonds. The predicted octanol–water partition coefficient (Wildman–Crippen LogP) is 4.28. The van der Waals surface area contributed by atoms with E-state index in [1.165, 1.54) is 17.1 Å². The Kier molecular flexibility index (Phi) is 4.24. The summed E-state index contributed by atoms with van der Waals surface area (Å²) in [6.45, 7) is 6.20. The zero-order chi connectivity index (χ0) is 12.8. The van der Waals surface area contributed by atoms with Gasteiger partial charge in [-0.15, -0.1) is 0 Å². The van der Waals surface area contributed by atoms with Gasteiger partial charge in [0.25, 0.3) is 0 Å². The summed E-state index contributed by atoms with van der Waals surface area (Å²) in [4.78, 5) is 2.30. The van der Waals surface area contributed by atoms with Gasteiger partial charge in [-0.2, -0.15) is 0 Å². The zero-order valence-electron chi connectivity index (χ0n) is 11.1. The van der Waals surface area contributed by atoms with Gasteiger partial charge in [-0.25, -0.2) is 0 Å². The Labute approximate surface area is 109 Å². The molecule has 0 heterocycles. The number of benzene rings is 2. The number of nitrogens with zero attached hydrogens (tertiary/aromatic N) is 1. The highest BCUT2D eigenvalue weighted by molar-refractivity contribution is 5.65. The third-order valence-corrected chi connectivity index (χ3v) is 2.94. The van der Waals surface area contributed by atoms with Gasteiger partial charge in [-0.1, -0.05) is 18.2 Å². The van der Waals surface area contributed by atoms with E-state index in [1.54, 1.807) is 0 Å². The second-order valence-electron chi connectivity index (χ2n) is 4.16. The third kappa shape index (κ3) is 2.83. The van der Waals surface area contributed by atoms with Gasteiger partial charge in [0.1, 0.15) is 0 Å². The van der Waals surface area contributed by atoms with E-state index >= 15 is 0 Å². The summed E-state index contributed by atoms with van der Waals surface area (Å²) in [6.07, 6.45) is 0. The fraction of sp³-hybridized carbons (Fsp3) is 0.250. The summed E-state index contributed by atoms with van der Waals surface area (Å²) in [5.41, 5.74) is 3.63. The van der Waals surface area contributed by atoms with Crippen LogP contribution in [0.1, 0.15) is 13.8 Å². The standard InChI is InChI=1S/C16H20N2/c1-3-17-14-10-12-16(13-11-14)18(4-2)15-8-6-5-7-9-15/h5-13,17H,3-4H2,1-2H3. The van der Waals surface area contributed by atoms with Gasteiger partial charge >= 0.3 is 0 Å². The molecule has 2 aromatic rings. The molecule has 18 heavy (non-hydrogen) atoms. The molecular formula is C16H20N2. The number of hydrogen-bond acceptors (Lipinski definition) is 2. The van der Waals surface area contributed by atoms with Crippen LogP contribution in [0.2, 0.25) is 0 Å². The zero-order valence-corrected chi connectivity index (χ0v) is 11.1. The van der Waals surface area contributed by atoms with Crippen LogP contribution in [0.3, 0.4) is 0 Å². The number of para-hydroxylation sites is 1. The summed E-state index contributed by atoms with van der Waals surface area (Å²) < 4.78 is 0. The molecule has 0 aliphatic rings. The highest BCUT2D eigenvalue weighted by Gasteiger charge is 2.05. The molecule has 0 saturated heterocycles. The average molecular weight is 240 g/mol. The lowest BCUT2D eigenvalue weighted by Gasteiger charge is -2.23. The summed E-state index contributed by atoms with van der Waals surface area (Å²) in [5.74, 6) is 0. The van der Waals surface area contributed by atoms with E-state index in [1.807, 2.05) is 6.07 Å². The van der Waals surface area contributed by atoms with E-state index in [-0.39, 0.29) is 0 Å². The molecule has 1 N–H and O–H groups in total. The number of hydrogen-bond donors (Lipinski definition) is 1. The van der Waals surface area contributed by atoms with Crippen LogP contribution in [-0.2, 0) is 0 Å². The van der Waals surface area contributed by atoms with Crippen molar-refractivity contribution in [2.75, 3.05) is 23.3 Å². The second-order valence-corrected chi connectivity index (χ2v) is 4.16. The Morgan fingerprint density at radius 2 is 1.44 bits per heavy atom. The highest BCUT2D eigenvalue weighted by Crippen LogP contribution is 2.25. The van der Waals surface area contributed by atoms with Gasteiger partial charge in [-0.05, 0) is 50.2 Å². The summed E-state index contributed by atoms with van der Waals surface area (Å²) >= 11 is 0. The van der Waals surface area contributed by atoms with E-state index in [0.29, 0.717) is 0 Å². The first-order valence-corrected chi connectivity index (χ1v) is 6.51. The summed E-state index contributed by atoms with van der Waals surface area (Å²) in [7, 11) is 0. The molecule has 0 bridgehead atoms. The van der Waals surface area contributed by atoms with Crippen LogP contribution in [0.4, 0.5) is 17.1 Å². The van der Waals surface area contributed by atoms with Gasteiger partial charge in [0.15, 0.2) is 0 Å². The van der Waals surface area contributed by atoms with E-state index in [2.05, 4.69) is 72.6 Å². The van der Waals surface area contributed by atoms with Crippen molar-refractivity contribution in [2.45, 2.75) is 13.8 Å². The van der Waals surface area contributed by atoms with Crippen molar-refractivity contribution in [3.8, 4) is 0 Å². The molecule has 0 saturated carbocycles. The minimum Gasteiger partial charge on any atom is -0.385 e. The topological polar surface area (TPSA) is 15.3 Å². The maximum absolute atomic E-state index is 3.31. The molecule has 0 aromatic heterocycles. The Morgan fingerprint density at radius 3 is 2.00 bits per heavy atom.